The summed E-state index contributed by atoms with van der Waals surface area (Å²) in [6.07, 6.45) is 0. The van der Waals surface area contributed by atoms with Crippen LogP contribution < -0.4 is 10.5 Å². The molecule has 2 rings (SSSR count). The number of nitrogens with two attached hydrogens (primary N) is 1. The van der Waals surface area contributed by atoms with Gasteiger partial charge in [-0.05, 0) is 30.3 Å². The van der Waals surface area contributed by atoms with E-state index in [1.807, 2.05) is 0 Å². The molecular formula is C14H12ClFN2O2. The minimum Gasteiger partial charge on any atom is -0.489 e. The van der Waals surface area contributed by atoms with Gasteiger partial charge in [0.25, 0.3) is 0 Å². The van der Waals surface area contributed by atoms with Crippen molar-refractivity contribution in [3.63, 3.8) is 0 Å². The molecular weight excluding hydrogens is 283 g/mol. The van der Waals surface area contributed by atoms with Gasteiger partial charge in [-0.2, -0.15) is 0 Å². The van der Waals surface area contributed by atoms with E-state index in [1.54, 1.807) is 36.4 Å². The average molecular weight is 295 g/mol. The summed E-state index contributed by atoms with van der Waals surface area (Å²) in [4.78, 5) is 0. The molecule has 0 aliphatic rings. The van der Waals surface area contributed by atoms with Gasteiger partial charge in [0.2, 0.25) is 0 Å². The van der Waals surface area contributed by atoms with Crippen LogP contribution in [0.4, 0.5) is 4.39 Å². The van der Waals surface area contributed by atoms with Gasteiger partial charge < -0.3 is 15.7 Å². The second kappa shape index (κ2) is 6.25. The molecule has 2 aromatic carbocycles. The number of ether oxygens (including phenoxy) is 1. The Labute approximate surface area is 120 Å². The Kier molecular flexibility index (Phi) is 4.42. The van der Waals surface area contributed by atoms with Crippen molar-refractivity contribution in [3.8, 4) is 5.75 Å². The van der Waals surface area contributed by atoms with Crippen molar-refractivity contribution in [2.75, 3.05) is 0 Å². The SMILES string of the molecule is N/C(=N/O)c1ccc(OCc2cccc(F)c2Cl)cc1. The van der Waals surface area contributed by atoms with Gasteiger partial charge in [0.05, 0.1) is 5.02 Å². The number of rotatable bonds is 4. The fourth-order valence-corrected chi connectivity index (χ4v) is 1.78. The first-order chi connectivity index (χ1) is 9.61. The number of amidine groups is 1. The zero-order valence-corrected chi connectivity index (χ0v) is 11.1. The minimum atomic E-state index is -0.477. The topological polar surface area (TPSA) is 67.8 Å². The zero-order valence-electron chi connectivity index (χ0n) is 10.4. The summed E-state index contributed by atoms with van der Waals surface area (Å²) in [6.45, 7) is 0.152. The lowest BCUT2D eigenvalue weighted by molar-refractivity contribution is 0.305. The van der Waals surface area contributed by atoms with Crippen LogP contribution >= 0.6 is 11.6 Å². The van der Waals surface area contributed by atoms with Gasteiger partial charge >= 0.3 is 0 Å². The zero-order chi connectivity index (χ0) is 14.5. The van der Waals surface area contributed by atoms with E-state index in [-0.39, 0.29) is 17.5 Å². The Morgan fingerprint density at radius 3 is 2.60 bits per heavy atom. The second-order valence-corrected chi connectivity index (χ2v) is 4.39. The van der Waals surface area contributed by atoms with Crippen molar-refractivity contribution < 1.29 is 14.3 Å². The minimum absolute atomic E-state index is 0.0183. The molecule has 0 atom stereocenters. The monoisotopic (exact) mass is 294 g/mol. The van der Waals surface area contributed by atoms with Gasteiger partial charge in [-0.15, -0.1) is 0 Å². The van der Waals surface area contributed by atoms with Crippen LogP contribution in [0, 0.1) is 5.82 Å². The van der Waals surface area contributed by atoms with Crippen molar-refractivity contribution in [1.82, 2.24) is 0 Å². The molecule has 0 fully saturated rings. The predicted molar refractivity (Wildman–Crippen MR) is 74.7 cm³/mol. The molecule has 0 saturated carbocycles. The van der Waals surface area contributed by atoms with Crippen LogP contribution in [0.2, 0.25) is 5.02 Å². The summed E-state index contributed by atoms with van der Waals surface area (Å²) in [5.41, 5.74) is 6.58. The fraction of sp³-hybridized carbons (Fsp3) is 0.0714. The highest BCUT2D eigenvalue weighted by atomic mass is 35.5. The molecule has 0 radical (unpaired) electrons. The highest BCUT2D eigenvalue weighted by molar-refractivity contribution is 6.31. The van der Waals surface area contributed by atoms with Crippen LogP contribution in [0.25, 0.3) is 0 Å². The van der Waals surface area contributed by atoms with Gasteiger partial charge in [-0.1, -0.05) is 28.9 Å². The molecule has 0 heterocycles. The Morgan fingerprint density at radius 1 is 1.25 bits per heavy atom. The Morgan fingerprint density at radius 2 is 1.95 bits per heavy atom. The number of hydrogen-bond acceptors (Lipinski definition) is 3. The van der Waals surface area contributed by atoms with Crippen molar-refractivity contribution in [2.24, 2.45) is 10.9 Å². The van der Waals surface area contributed by atoms with E-state index in [2.05, 4.69) is 5.16 Å². The number of nitrogens with zero attached hydrogens (tertiary/aromatic N) is 1. The van der Waals surface area contributed by atoms with Crippen LogP contribution in [-0.2, 0) is 6.61 Å². The molecule has 4 nitrogen and oxygen atoms in total. The van der Waals surface area contributed by atoms with Crippen LogP contribution in [0.1, 0.15) is 11.1 Å². The molecule has 0 saturated heterocycles. The van der Waals surface area contributed by atoms with E-state index in [1.165, 1.54) is 6.07 Å². The summed E-state index contributed by atoms with van der Waals surface area (Å²) in [5.74, 6) is 0.111. The molecule has 0 unspecified atom stereocenters. The highest BCUT2D eigenvalue weighted by Gasteiger charge is 2.06. The number of oxime groups is 1. The lowest BCUT2D eigenvalue weighted by Gasteiger charge is -2.08. The van der Waals surface area contributed by atoms with Gasteiger partial charge in [-0.25, -0.2) is 4.39 Å². The molecule has 0 aliphatic heterocycles. The summed E-state index contributed by atoms with van der Waals surface area (Å²) in [6, 6.07) is 11.2. The van der Waals surface area contributed by atoms with Crippen molar-refractivity contribution in [3.05, 3.63) is 64.4 Å². The largest absolute Gasteiger partial charge is 0.489 e. The smallest absolute Gasteiger partial charge is 0.170 e. The molecule has 3 N–H and O–H groups in total. The van der Waals surface area contributed by atoms with Crippen LogP contribution in [0.3, 0.4) is 0 Å². The molecule has 0 aliphatic carbocycles. The first kappa shape index (κ1) is 14.1. The Hall–Kier alpha value is -2.27. The predicted octanol–water partition coefficient (Wildman–Crippen LogP) is 3.15. The van der Waals surface area contributed by atoms with Crippen LogP contribution in [0.5, 0.6) is 5.75 Å². The van der Waals surface area contributed by atoms with Crippen molar-refractivity contribution >= 4 is 17.4 Å². The van der Waals surface area contributed by atoms with Crippen molar-refractivity contribution in [2.45, 2.75) is 6.61 Å². The highest BCUT2D eigenvalue weighted by Crippen LogP contribution is 2.21. The van der Waals surface area contributed by atoms with Crippen LogP contribution in [-0.4, -0.2) is 11.0 Å². The van der Waals surface area contributed by atoms with Gasteiger partial charge in [0.15, 0.2) is 5.84 Å². The molecule has 0 aromatic heterocycles. The lowest BCUT2D eigenvalue weighted by Crippen LogP contribution is -2.12. The fourth-order valence-electron chi connectivity index (χ4n) is 1.60. The Balaban J connectivity index is 2.06. The molecule has 2 aromatic rings. The maximum atomic E-state index is 13.2. The third-order valence-electron chi connectivity index (χ3n) is 2.68. The van der Waals surface area contributed by atoms with E-state index in [4.69, 9.17) is 27.3 Å². The molecule has 0 bridgehead atoms. The normalized spacial score (nSPS) is 11.4. The van der Waals surface area contributed by atoms with E-state index < -0.39 is 5.82 Å². The van der Waals surface area contributed by atoms with E-state index >= 15 is 0 Å². The average Bonchev–Trinajstić information content (AvgIpc) is 2.48. The summed E-state index contributed by atoms with van der Waals surface area (Å²) in [5, 5.41) is 11.5. The van der Waals surface area contributed by atoms with E-state index in [0.29, 0.717) is 16.9 Å². The van der Waals surface area contributed by atoms with Gasteiger partial charge in [0, 0.05) is 11.1 Å². The molecule has 0 spiro atoms. The molecule has 20 heavy (non-hydrogen) atoms. The lowest BCUT2D eigenvalue weighted by atomic mass is 10.2. The quantitative estimate of drug-likeness (QED) is 0.394. The van der Waals surface area contributed by atoms with Crippen LogP contribution in [0.15, 0.2) is 47.6 Å². The van der Waals surface area contributed by atoms with E-state index in [9.17, 15) is 4.39 Å². The van der Waals surface area contributed by atoms with Gasteiger partial charge in [-0.3, -0.25) is 0 Å². The van der Waals surface area contributed by atoms with Gasteiger partial charge in [0.1, 0.15) is 18.2 Å². The third kappa shape index (κ3) is 3.19. The van der Waals surface area contributed by atoms with E-state index in [0.717, 1.165) is 0 Å². The van der Waals surface area contributed by atoms with Crippen molar-refractivity contribution in [1.29, 1.82) is 0 Å². The molecule has 0 amide bonds. The first-order valence-electron chi connectivity index (χ1n) is 5.75. The summed E-state index contributed by atoms with van der Waals surface area (Å²) in [7, 11) is 0. The number of halogens is 2. The molecule has 104 valence electrons. The summed E-state index contributed by atoms with van der Waals surface area (Å²) < 4.78 is 18.7. The maximum Gasteiger partial charge on any atom is 0.170 e. The second-order valence-electron chi connectivity index (χ2n) is 4.01. The third-order valence-corrected chi connectivity index (χ3v) is 3.11. The molecule has 6 heteroatoms. The maximum absolute atomic E-state index is 13.2. The Bertz CT molecular complexity index is 630. The first-order valence-corrected chi connectivity index (χ1v) is 6.13. The number of hydrogen-bond donors (Lipinski definition) is 2. The summed E-state index contributed by atoms with van der Waals surface area (Å²) >= 11 is 5.83. The number of benzene rings is 2. The standard InChI is InChI=1S/C14H12ClFN2O2/c15-13-10(2-1-3-12(13)16)8-20-11-6-4-9(5-7-11)14(17)18-19/h1-7,19H,8H2,(H2,17,18).